The van der Waals surface area contributed by atoms with E-state index < -0.39 is 0 Å². The zero-order chi connectivity index (χ0) is 10.7. The van der Waals surface area contributed by atoms with Crippen molar-refractivity contribution in [2.24, 2.45) is 0 Å². The van der Waals surface area contributed by atoms with Crippen LogP contribution in [-0.2, 0) is 0 Å². The van der Waals surface area contributed by atoms with Gasteiger partial charge in [0.2, 0.25) is 0 Å². The minimum absolute atomic E-state index is 0.186. The Morgan fingerprint density at radius 3 is 2.67 bits per heavy atom. The average Bonchev–Trinajstić information content (AvgIpc) is 3.01. The Morgan fingerprint density at radius 1 is 1.33 bits per heavy atom. The van der Waals surface area contributed by atoms with Gasteiger partial charge in [0, 0.05) is 25.2 Å². The zero-order valence-electron chi connectivity index (χ0n) is 9.78. The fourth-order valence-electron chi connectivity index (χ4n) is 2.51. The second-order valence-corrected chi connectivity index (χ2v) is 5.18. The first-order valence-electron chi connectivity index (χ1n) is 6.41. The molecule has 0 spiro atoms. The van der Waals surface area contributed by atoms with Gasteiger partial charge in [-0.15, -0.1) is 0 Å². The summed E-state index contributed by atoms with van der Waals surface area (Å²) in [6.45, 7) is 5.06. The van der Waals surface area contributed by atoms with Crippen molar-refractivity contribution < 1.29 is 5.11 Å². The number of hydrogen-bond donors (Lipinski definition) is 2. The standard InChI is InChI=1S/C12H24N2O/c1-10(15)8-14(12-5-6-12)9-11-4-2-3-7-13-11/h10-13,15H,2-9H2,1H3. The summed E-state index contributed by atoms with van der Waals surface area (Å²) in [6.07, 6.45) is 6.48. The molecule has 88 valence electrons. The van der Waals surface area contributed by atoms with E-state index in [1.807, 2.05) is 6.92 Å². The molecule has 3 nitrogen and oxygen atoms in total. The predicted molar refractivity (Wildman–Crippen MR) is 61.9 cm³/mol. The summed E-state index contributed by atoms with van der Waals surface area (Å²) in [4.78, 5) is 2.48. The molecular formula is C12H24N2O. The summed E-state index contributed by atoms with van der Waals surface area (Å²) in [5.74, 6) is 0. The minimum atomic E-state index is -0.186. The summed E-state index contributed by atoms with van der Waals surface area (Å²) >= 11 is 0. The van der Waals surface area contributed by atoms with Crippen molar-refractivity contribution >= 4 is 0 Å². The number of aliphatic hydroxyl groups excluding tert-OH is 1. The van der Waals surface area contributed by atoms with E-state index in [1.54, 1.807) is 0 Å². The van der Waals surface area contributed by atoms with Crippen molar-refractivity contribution in [3.05, 3.63) is 0 Å². The third-order valence-corrected chi connectivity index (χ3v) is 3.43. The van der Waals surface area contributed by atoms with Crippen molar-refractivity contribution in [2.75, 3.05) is 19.6 Å². The molecule has 2 unspecified atom stereocenters. The van der Waals surface area contributed by atoms with Gasteiger partial charge in [0.25, 0.3) is 0 Å². The molecule has 1 aliphatic heterocycles. The molecule has 2 fully saturated rings. The van der Waals surface area contributed by atoms with Gasteiger partial charge in [0.1, 0.15) is 0 Å². The SMILES string of the molecule is CC(O)CN(CC1CCCCN1)C1CC1. The van der Waals surface area contributed by atoms with Gasteiger partial charge in [-0.05, 0) is 39.2 Å². The van der Waals surface area contributed by atoms with Crippen molar-refractivity contribution in [1.82, 2.24) is 10.2 Å². The first-order chi connectivity index (χ1) is 7.25. The van der Waals surface area contributed by atoms with E-state index in [4.69, 9.17) is 0 Å². The van der Waals surface area contributed by atoms with Crippen molar-refractivity contribution in [2.45, 2.75) is 57.2 Å². The summed E-state index contributed by atoms with van der Waals surface area (Å²) in [6, 6.07) is 1.43. The number of rotatable bonds is 5. The number of nitrogens with zero attached hydrogens (tertiary/aromatic N) is 1. The van der Waals surface area contributed by atoms with E-state index in [2.05, 4.69) is 10.2 Å². The third-order valence-electron chi connectivity index (χ3n) is 3.43. The van der Waals surface area contributed by atoms with Crippen molar-refractivity contribution in [1.29, 1.82) is 0 Å². The van der Waals surface area contributed by atoms with E-state index >= 15 is 0 Å². The van der Waals surface area contributed by atoms with Gasteiger partial charge in [-0.2, -0.15) is 0 Å². The van der Waals surface area contributed by atoms with Gasteiger partial charge in [-0.1, -0.05) is 6.42 Å². The topological polar surface area (TPSA) is 35.5 Å². The van der Waals surface area contributed by atoms with E-state index in [1.165, 1.54) is 38.6 Å². The molecule has 0 aromatic carbocycles. The fraction of sp³-hybridized carbons (Fsp3) is 1.00. The largest absolute Gasteiger partial charge is 0.392 e. The molecule has 0 amide bonds. The monoisotopic (exact) mass is 212 g/mol. The van der Waals surface area contributed by atoms with Gasteiger partial charge >= 0.3 is 0 Å². The highest BCUT2D eigenvalue weighted by Gasteiger charge is 2.31. The summed E-state index contributed by atoms with van der Waals surface area (Å²) in [7, 11) is 0. The van der Waals surface area contributed by atoms with Crippen LogP contribution in [0.25, 0.3) is 0 Å². The number of hydrogen-bond acceptors (Lipinski definition) is 3. The Hall–Kier alpha value is -0.120. The molecule has 1 saturated heterocycles. The van der Waals surface area contributed by atoms with Gasteiger partial charge in [-0.25, -0.2) is 0 Å². The third kappa shape index (κ3) is 3.74. The van der Waals surface area contributed by atoms with Gasteiger partial charge in [0.05, 0.1) is 6.10 Å². The average molecular weight is 212 g/mol. The number of nitrogens with one attached hydrogen (secondary N) is 1. The summed E-state index contributed by atoms with van der Waals surface area (Å²) in [5.41, 5.74) is 0. The highest BCUT2D eigenvalue weighted by molar-refractivity contribution is 4.88. The van der Waals surface area contributed by atoms with Crippen LogP contribution >= 0.6 is 0 Å². The fourth-order valence-corrected chi connectivity index (χ4v) is 2.51. The predicted octanol–water partition coefficient (Wildman–Crippen LogP) is 0.974. The van der Waals surface area contributed by atoms with Gasteiger partial charge in [-0.3, -0.25) is 4.90 Å². The van der Waals surface area contributed by atoms with Gasteiger partial charge < -0.3 is 10.4 Å². The summed E-state index contributed by atoms with van der Waals surface area (Å²) in [5, 5.41) is 13.0. The van der Waals surface area contributed by atoms with E-state index in [0.717, 1.165) is 19.1 Å². The van der Waals surface area contributed by atoms with Crippen molar-refractivity contribution in [3.63, 3.8) is 0 Å². The molecule has 2 aliphatic rings. The van der Waals surface area contributed by atoms with Crippen LogP contribution in [-0.4, -0.2) is 47.8 Å². The maximum absolute atomic E-state index is 9.47. The first kappa shape index (κ1) is 11.4. The molecule has 2 rings (SSSR count). The molecule has 0 bridgehead atoms. The van der Waals surface area contributed by atoms with E-state index in [9.17, 15) is 5.11 Å². The first-order valence-corrected chi connectivity index (χ1v) is 6.41. The second-order valence-electron chi connectivity index (χ2n) is 5.18. The Labute approximate surface area is 92.8 Å². The maximum Gasteiger partial charge on any atom is 0.0639 e. The van der Waals surface area contributed by atoms with Crippen LogP contribution < -0.4 is 5.32 Å². The molecule has 15 heavy (non-hydrogen) atoms. The van der Waals surface area contributed by atoms with Crippen LogP contribution in [0.15, 0.2) is 0 Å². The molecule has 2 atom stereocenters. The molecule has 2 N–H and O–H groups in total. The lowest BCUT2D eigenvalue weighted by atomic mass is 10.0. The Morgan fingerprint density at radius 2 is 2.13 bits per heavy atom. The molecule has 3 heteroatoms. The zero-order valence-corrected chi connectivity index (χ0v) is 9.78. The molecule has 1 saturated carbocycles. The minimum Gasteiger partial charge on any atom is -0.392 e. The molecule has 0 radical (unpaired) electrons. The molecule has 0 aromatic rings. The highest BCUT2D eigenvalue weighted by Crippen LogP contribution is 2.27. The Balaban J connectivity index is 1.77. The molecule has 1 heterocycles. The lowest BCUT2D eigenvalue weighted by molar-refractivity contribution is 0.111. The number of aliphatic hydroxyl groups is 1. The smallest absolute Gasteiger partial charge is 0.0639 e. The van der Waals surface area contributed by atoms with E-state index in [-0.39, 0.29) is 6.10 Å². The summed E-state index contributed by atoms with van der Waals surface area (Å²) < 4.78 is 0. The van der Waals surface area contributed by atoms with Crippen LogP contribution in [0.1, 0.15) is 39.0 Å². The molecular weight excluding hydrogens is 188 g/mol. The second kappa shape index (κ2) is 5.28. The molecule has 0 aromatic heterocycles. The number of piperidine rings is 1. The van der Waals surface area contributed by atoms with Gasteiger partial charge in [0.15, 0.2) is 0 Å². The Bertz CT molecular complexity index is 186. The highest BCUT2D eigenvalue weighted by atomic mass is 16.3. The molecule has 1 aliphatic carbocycles. The normalized spacial score (nSPS) is 29.4. The van der Waals surface area contributed by atoms with Crippen LogP contribution in [0.4, 0.5) is 0 Å². The Kier molecular flexibility index (Phi) is 4.00. The lowest BCUT2D eigenvalue weighted by Crippen LogP contribution is -2.46. The van der Waals surface area contributed by atoms with E-state index in [0.29, 0.717) is 6.04 Å². The van der Waals surface area contributed by atoms with Crippen LogP contribution in [0, 0.1) is 0 Å². The van der Waals surface area contributed by atoms with Crippen LogP contribution in [0.3, 0.4) is 0 Å². The van der Waals surface area contributed by atoms with Crippen LogP contribution in [0.2, 0.25) is 0 Å². The lowest BCUT2D eigenvalue weighted by Gasteiger charge is -2.31. The van der Waals surface area contributed by atoms with Crippen LogP contribution in [0.5, 0.6) is 0 Å². The van der Waals surface area contributed by atoms with Crippen molar-refractivity contribution in [3.8, 4) is 0 Å². The quantitative estimate of drug-likeness (QED) is 0.713. The maximum atomic E-state index is 9.47.